The number of carboxylic acid groups (broad SMARTS) is 1. The summed E-state index contributed by atoms with van der Waals surface area (Å²) in [6.45, 7) is 4.09. The lowest BCUT2D eigenvalue weighted by Crippen LogP contribution is -2.01. The first kappa shape index (κ1) is 12.9. The Morgan fingerprint density at radius 2 is 2.00 bits per heavy atom. The predicted molar refractivity (Wildman–Crippen MR) is 80.4 cm³/mol. The molecule has 5 heteroatoms. The van der Waals surface area contributed by atoms with E-state index in [1.807, 2.05) is 48.9 Å². The molecule has 0 bridgehead atoms. The smallest absolute Gasteiger partial charge is 0.345 e. The lowest BCUT2D eigenvalue weighted by atomic mass is 10.1. The van der Waals surface area contributed by atoms with Crippen LogP contribution in [0.3, 0.4) is 0 Å². The minimum Gasteiger partial charge on any atom is -0.477 e. The van der Waals surface area contributed by atoms with Crippen LogP contribution in [0.15, 0.2) is 36.4 Å². The molecule has 0 aliphatic heterocycles. The number of hydrogen-bond acceptors (Lipinski definition) is 3. The van der Waals surface area contributed by atoms with Crippen LogP contribution in [0.1, 0.15) is 29.6 Å². The van der Waals surface area contributed by atoms with Crippen LogP contribution in [0.2, 0.25) is 0 Å². The number of fused-ring (bicyclic) bond motifs is 1. The van der Waals surface area contributed by atoms with E-state index in [4.69, 9.17) is 0 Å². The number of carbonyl (C=O) groups is 1. The van der Waals surface area contributed by atoms with Gasteiger partial charge in [0, 0.05) is 17.0 Å². The maximum atomic E-state index is 11.2. The summed E-state index contributed by atoms with van der Waals surface area (Å²) in [4.78, 5) is 12.4. The van der Waals surface area contributed by atoms with Crippen molar-refractivity contribution in [3.8, 4) is 11.3 Å². The summed E-state index contributed by atoms with van der Waals surface area (Å²) >= 11 is 1.28. The highest BCUT2D eigenvalue weighted by atomic mass is 32.1. The van der Waals surface area contributed by atoms with Crippen molar-refractivity contribution < 1.29 is 9.90 Å². The fourth-order valence-electron chi connectivity index (χ4n) is 2.19. The van der Waals surface area contributed by atoms with E-state index in [1.165, 1.54) is 11.3 Å². The van der Waals surface area contributed by atoms with E-state index in [-0.39, 0.29) is 6.04 Å². The second kappa shape index (κ2) is 4.76. The van der Waals surface area contributed by atoms with E-state index >= 15 is 0 Å². The lowest BCUT2D eigenvalue weighted by Gasteiger charge is -2.05. The molecule has 0 atom stereocenters. The third-order valence-corrected chi connectivity index (χ3v) is 4.24. The molecule has 0 spiro atoms. The molecule has 0 aliphatic carbocycles. The number of aromatic carboxylic acids is 1. The number of hydrogen-bond donors (Lipinski definition) is 1. The summed E-state index contributed by atoms with van der Waals surface area (Å²) in [7, 11) is 0. The average molecular weight is 286 g/mol. The summed E-state index contributed by atoms with van der Waals surface area (Å²) in [6.07, 6.45) is 0. The van der Waals surface area contributed by atoms with E-state index in [2.05, 4.69) is 5.10 Å². The molecule has 0 aliphatic rings. The number of aromatic nitrogens is 2. The van der Waals surface area contributed by atoms with Gasteiger partial charge in [0.25, 0.3) is 0 Å². The van der Waals surface area contributed by atoms with E-state index in [0.717, 1.165) is 21.5 Å². The molecular weight excluding hydrogens is 272 g/mol. The van der Waals surface area contributed by atoms with Crippen LogP contribution in [0.4, 0.5) is 0 Å². The van der Waals surface area contributed by atoms with E-state index in [1.54, 1.807) is 6.07 Å². The zero-order valence-corrected chi connectivity index (χ0v) is 12.0. The highest BCUT2D eigenvalue weighted by Gasteiger charge is 2.19. The number of benzene rings is 1. The monoisotopic (exact) mass is 286 g/mol. The van der Waals surface area contributed by atoms with Crippen LogP contribution in [0, 0.1) is 0 Å². The molecule has 1 aromatic carbocycles. The Balaban J connectivity index is 2.29. The van der Waals surface area contributed by atoms with Crippen molar-refractivity contribution in [2.24, 2.45) is 0 Å². The van der Waals surface area contributed by atoms with Crippen LogP contribution < -0.4 is 0 Å². The molecule has 3 rings (SSSR count). The zero-order valence-electron chi connectivity index (χ0n) is 11.2. The lowest BCUT2D eigenvalue weighted by molar-refractivity contribution is 0.0702. The van der Waals surface area contributed by atoms with Crippen LogP contribution in [0.25, 0.3) is 21.5 Å². The Morgan fingerprint density at radius 3 is 2.60 bits per heavy atom. The van der Waals surface area contributed by atoms with Gasteiger partial charge < -0.3 is 5.11 Å². The number of thiophene rings is 1. The van der Waals surface area contributed by atoms with Gasteiger partial charge in [-0.1, -0.05) is 30.3 Å². The molecular formula is C15H14N2O2S. The molecule has 0 saturated carbocycles. The SMILES string of the molecule is CC(C)n1nc(-c2ccccc2)c2cc(C(=O)O)sc21. The summed E-state index contributed by atoms with van der Waals surface area (Å²) in [5.74, 6) is -0.888. The molecule has 3 aromatic rings. The van der Waals surface area contributed by atoms with Gasteiger partial charge in [0.05, 0.1) is 0 Å². The Bertz CT molecular complexity index is 772. The van der Waals surface area contributed by atoms with Gasteiger partial charge in [-0.3, -0.25) is 4.68 Å². The first-order valence-corrected chi connectivity index (χ1v) is 7.20. The zero-order chi connectivity index (χ0) is 14.3. The maximum Gasteiger partial charge on any atom is 0.345 e. The van der Waals surface area contributed by atoms with Crippen molar-refractivity contribution in [3.05, 3.63) is 41.3 Å². The fraction of sp³-hybridized carbons (Fsp3) is 0.200. The third kappa shape index (κ3) is 2.00. The average Bonchev–Trinajstić information content (AvgIpc) is 2.97. The van der Waals surface area contributed by atoms with Gasteiger partial charge in [-0.05, 0) is 19.9 Å². The highest BCUT2D eigenvalue weighted by molar-refractivity contribution is 7.20. The van der Waals surface area contributed by atoms with Gasteiger partial charge in [0.15, 0.2) is 0 Å². The highest BCUT2D eigenvalue weighted by Crippen LogP contribution is 2.35. The molecule has 0 saturated heterocycles. The van der Waals surface area contributed by atoms with Crippen LogP contribution in [-0.4, -0.2) is 20.9 Å². The Hall–Kier alpha value is -2.14. The van der Waals surface area contributed by atoms with Gasteiger partial charge in [-0.25, -0.2) is 4.79 Å². The summed E-state index contributed by atoms with van der Waals surface area (Å²) in [6, 6.07) is 11.8. The van der Waals surface area contributed by atoms with E-state index < -0.39 is 5.97 Å². The first-order chi connectivity index (χ1) is 9.58. The molecule has 0 fully saturated rings. The van der Waals surface area contributed by atoms with E-state index in [9.17, 15) is 9.90 Å². The topological polar surface area (TPSA) is 55.1 Å². The second-order valence-electron chi connectivity index (χ2n) is 4.89. The molecule has 4 nitrogen and oxygen atoms in total. The van der Waals surface area contributed by atoms with Gasteiger partial charge in [0.2, 0.25) is 0 Å². The molecule has 1 N–H and O–H groups in total. The minimum atomic E-state index is -0.888. The molecule has 0 radical (unpaired) electrons. The standard InChI is InChI=1S/C15H14N2O2S/c1-9(2)17-14-11(8-12(20-14)15(18)19)13(16-17)10-6-4-3-5-7-10/h3-9H,1-2H3,(H,18,19). The number of nitrogens with zero attached hydrogens (tertiary/aromatic N) is 2. The van der Waals surface area contributed by atoms with E-state index in [0.29, 0.717) is 4.88 Å². The van der Waals surface area contributed by atoms with Crippen LogP contribution in [0.5, 0.6) is 0 Å². The van der Waals surface area contributed by atoms with Gasteiger partial charge in [-0.2, -0.15) is 5.10 Å². The van der Waals surface area contributed by atoms with Crippen LogP contribution in [-0.2, 0) is 0 Å². The summed E-state index contributed by atoms with van der Waals surface area (Å²) in [5.41, 5.74) is 1.85. The first-order valence-electron chi connectivity index (χ1n) is 6.38. The van der Waals surface area contributed by atoms with Gasteiger partial charge >= 0.3 is 5.97 Å². The van der Waals surface area contributed by atoms with Crippen molar-refractivity contribution in [1.29, 1.82) is 0 Å². The number of carboxylic acids is 1. The molecule has 102 valence electrons. The normalized spacial score (nSPS) is 11.3. The van der Waals surface area contributed by atoms with Crippen molar-refractivity contribution >= 4 is 27.5 Å². The third-order valence-electron chi connectivity index (χ3n) is 3.13. The fourth-order valence-corrected chi connectivity index (χ4v) is 3.28. The molecule has 20 heavy (non-hydrogen) atoms. The summed E-state index contributed by atoms with van der Waals surface area (Å²) < 4.78 is 1.90. The van der Waals surface area contributed by atoms with Gasteiger partial charge in [-0.15, -0.1) is 11.3 Å². The molecule has 2 heterocycles. The molecule has 2 aromatic heterocycles. The summed E-state index contributed by atoms with van der Waals surface area (Å²) in [5, 5.41) is 14.7. The van der Waals surface area contributed by atoms with Crippen LogP contribution >= 0.6 is 11.3 Å². The van der Waals surface area contributed by atoms with Gasteiger partial charge in [0.1, 0.15) is 15.4 Å². The quantitative estimate of drug-likeness (QED) is 0.790. The number of rotatable bonds is 3. The Kier molecular flexibility index (Phi) is 3.06. The van der Waals surface area contributed by atoms with Crippen molar-refractivity contribution in [1.82, 2.24) is 9.78 Å². The Morgan fingerprint density at radius 1 is 1.30 bits per heavy atom. The minimum absolute atomic E-state index is 0.190. The second-order valence-corrected chi connectivity index (χ2v) is 5.92. The Labute approximate surface area is 120 Å². The molecule has 0 unspecified atom stereocenters. The van der Waals surface area contributed by atoms with Crippen molar-refractivity contribution in [2.45, 2.75) is 19.9 Å². The largest absolute Gasteiger partial charge is 0.477 e. The molecule has 0 amide bonds. The van der Waals surface area contributed by atoms with Crippen molar-refractivity contribution in [2.75, 3.05) is 0 Å². The maximum absolute atomic E-state index is 11.2. The predicted octanol–water partition coefficient (Wildman–Crippen LogP) is 4.04. The van der Waals surface area contributed by atoms with Crippen molar-refractivity contribution in [3.63, 3.8) is 0 Å².